The van der Waals surface area contributed by atoms with Crippen molar-refractivity contribution in [1.29, 1.82) is 0 Å². The van der Waals surface area contributed by atoms with Crippen LogP contribution < -0.4 is 5.32 Å². The zero-order valence-electron chi connectivity index (χ0n) is 6.77. The smallest absolute Gasteiger partial charge is 0.322 e. The molecule has 0 aliphatic carbocycles. The van der Waals surface area contributed by atoms with Gasteiger partial charge in [-0.1, -0.05) is 0 Å². The summed E-state index contributed by atoms with van der Waals surface area (Å²) < 4.78 is 1.72. The molecule has 0 aliphatic heterocycles. The van der Waals surface area contributed by atoms with E-state index in [0.717, 1.165) is 0 Å². The fourth-order valence-electron chi connectivity index (χ4n) is 0.898. The molecule has 1 atom stereocenters. The fraction of sp³-hybridized carbons (Fsp3) is 0.429. The van der Waals surface area contributed by atoms with Crippen molar-refractivity contribution < 1.29 is 9.90 Å². The van der Waals surface area contributed by atoms with E-state index in [1.807, 2.05) is 0 Å². The van der Waals surface area contributed by atoms with Gasteiger partial charge in [0.15, 0.2) is 0 Å². The van der Waals surface area contributed by atoms with E-state index in [1.54, 1.807) is 30.3 Å². The zero-order chi connectivity index (χ0) is 8.97. The largest absolute Gasteiger partial charge is 0.480 e. The Balaban J connectivity index is 2.54. The van der Waals surface area contributed by atoms with E-state index in [-0.39, 0.29) is 0 Å². The SMILES string of the molecule is CNC(Cn1ccnc1)C(=O)O. The molecule has 0 saturated carbocycles. The number of nitrogens with zero attached hydrogens (tertiary/aromatic N) is 2. The minimum absolute atomic E-state index is 0.395. The number of imidazole rings is 1. The average molecular weight is 169 g/mol. The van der Waals surface area contributed by atoms with Crippen LogP contribution in [0.25, 0.3) is 0 Å². The minimum Gasteiger partial charge on any atom is -0.480 e. The van der Waals surface area contributed by atoms with Gasteiger partial charge in [-0.15, -0.1) is 0 Å². The van der Waals surface area contributed by atoms with Gasteiger partial charge in [-0.3, -0.25) is 4.79 Å². The van der Waals surface area contributed by atoms with Crippen molar-refractivity contribution in [3.63, 3.8) is 0 Å². The molecular formula is C7H11N3O2. The lowest BCUT2D eigenvalue weighted by Crippen LogP contribution is -2.37. The summed E-state index contributed by atoms with van der Waals surface area (Å²) in [5.41, 5.74) is 0. The Kier molecular flexibility index (Phi) is 2.82. The molecule has 12 heavy (non-hydrogen) atoms. The molecule has 1 aromatic heterocycles. The Morgan fingerprint density at radius 2 is 2.58 bits per heavy atom. The lowest BCUT2D eigenvalue weighted by atomic mass is 10.3. The Labute approximate surface area is 70.0 Å². The normalized spacial score (nSPS) is 12.8. The fourth-order valence-corrected chi connectivity index (χ4v) is 0.898. The van der Waals surface area contributed by atoms with Crippen LogP contribution in [0.5, 0.6) is 0 Å². The van der Waals surface area contributed by atoms with Gasteiger partial charge in [0.25, 0.3) is 0 Å². The van der Waals surface area contributed by atoms with Gasteiger partial charge in [-0.2, -0.15) is 0 Å². The van der Waals surface area contributed by atoms with Crippen LogP contribution in [0, 0.1) is 0 Å². The van der Waals surface area contributed by atoms with Crippen molar-refractivity contribution in [3.8, 4) is 0 Å². The van der Waals surface area contributed by atoms with E-state index in [9.17, 15) is 4.79 Å². The van der Waals surface area contributed by atoms with Gasteiger partial charge in [-0.25, -0.2) is 4.98 Å². The summed E-state index contributed by atoms with van der Waals surface area (Å²) >= 11 is 0. The topological polar surface area (TPSA) is 67.2 Å². The molecule has 0 saturated heterocycles. The lowest BCUT2D eigenvalue weighted by Gasteiger charge is -2.10. The summed E-state index contributed by atoms with van der Waals surface area (Å²) in [6, 6.07) is -0.556. The number of aliphatic carboxylic acids is 1. The molecule has 0 radical (unpaired) electrons. The third-order valence-corrected chi connectivity index (χ3v) is 1.60. The Hall–Kier alpha value is -1.36. The van der Waals surface area contributed by atoms with Gasteiger partial charge in [0, 0.05) is 18.9 Å². The molecule has 1 aromatic rings. The second kappa shape index (κ2) is 3.87. The number of hydrogen-bond acceptors (Lipinski definition) is 3. The molecule has 0 amide bonds. The van der Waals surface area contributed by atoms with E-state index >= 15 is 0 Å². The first kappa shape index (κ1) is 8.73. The van der Waals surface area contributed by atoms with Crippen LogP contribution in [0.2, 0.25) is 0 Å². The summed E-state index contributed by atoms with van der Waals surface area (Å²) in [5.74, 6) is -0.855. The number of carbonyl (C=O) groups is 1. The van der Waals surface area contributed by atoms with Gasteiger partial charge in [-0.05, 0) is 7.05 Å². The van der Waals surface area contributed by atoms with E-state index in [2.05, 4.69) is 10.3 Å². The Morgan fingerprint density at radius 3 is 3.00 bits per heavy atom. The molecule has 1 heterocycles. The van der Waals surface area contributed by atoms with Gasteiger partial charge in [0.1, 0.15) is 6.04 Å². The first-order valence-corrected chi connectivity index (χ1v) is 3.60. The highest BCUT2D eigenvalue weighted by Gasteiger charge is 2.14. The maximum Gasteiger partial charge on any atom is 0.322 e. The van der Waals surface area contributed by atoms with Crippen molar-refractivity contribution >= 4 is 5.97 Å². The van der Waals surface area contributed by atoms with Crippen LogP contribution in [0.3, 0.4) is 0 Å². The van der Waals surface area contributed by atoms with Gasteiger partial charge in [0.05, 0.1) is 6.33 Å². The van der Waals surface area contributed by atoms with Crippen molar-refractivity contribution in [2.75, 3.05) is 7.05 Å². The average Bonchev–Trinajstić information content (AvgIpc) is 2.51. The van der Waals surface area contributed by atoms with Crippen LogP contribution in [-0.4, -0.2) is 33.7 Å². The van der Waals surface area contributed by atoms with Crippen molar-refractivity contribution in [2.24, 2.45) is 0 Å². The van der Waals surface area contributed by atoms with E-state index in [0.29, 0.717) is 6.54 Å². The van der Waals surface area contributed by atoms with E-state index in [1.165, 1.54) is 0 Å². The Morgan fingerprint density at radius 1 is 1.83 bits per heavy atom. The summed E-state index contributed by atoms with van der Waals surface area (Å²) in [4.78, 5) is 14.4. The number of carboxylic acids is 1. The highest BCUT2D eigenvalue weighted by molar-refractivity contribution is 5.73. The number of aromatic nitrogens is 2. The summed E-state index contributed by atoms with van der Waals surface area (Å²) in [6.07, 6.45) is 4.94. The predicted molar refractivity (Wildman–Crippen MR) is 42.7 cm³/mol. The molecule has 0 fully saturated rings. The van der Waals surface area contributed by atoms with Gasteiger partial charge >= 0.3 is 5.97 Å². The number of likely N-dealkylation sites (N-methyl/N-ethyl adjacent to an activating group) is 1. The maximum absolute atomic E-state index is 10.6. The summed E-state index contributed by atoms with van der Waals surface area (Å²) in [7, 11) is 1.62. The molecular weight excluding hydrogens is 158 g/mol. The van der Waals surface area contributed by atoms with Crippen molar-refractivity contribution in [3.05, 3.63) is 18.7 Å². The molecule has 1 rings (SSSR count). The summed E-state index contributed by atoms with van der Waals surface area (Å²) in [5, 5.41) is 11.4. The number of nitrogens with one attached hydrogen (secondary N) is 1. The molecule has 5 nitrogen and oxygen atoms in total. The molecule has 0 aliphatic rings. The van der Waals surface area contributed by atoms with Crippen LogP contribution >= 0.6 is 0 Å². The maximum atomic E-state index is 10.6. The molecule has 0 bridgehead atoms. The van der Waals surface area contributed by atoms with Crippen LogP contribution in [0.4, 0.5) is 0 Å². The van der Waals surface area contributed by atoms with Crippen LogP contribution in [0.15, 0.2) is 18.7 Å². The van der Waals surface area contributed by atoms with Crippen molar-refractivity contribution in [1.82, 2.24) is 14.9 Å². The molecule has 0 spiro atoms. The van der Waals surface area contributed by atoms with Crippen LogP contribution in [0.1, 0.15) is 0 Å². The number of carboxylic acid groups (broad SMARTS) is 1. The quantitative estimate of drug-likeness (QED) is 0.641. The summed E-state index contributed by atoms with van der Waals surface area (Å²) in [6.45, 7) is 0.395. The van der Waals surface area contributed by atoms with Crippen molar-refractivity contribution in [2.45, 2.75) is 12.6 Å². The van der Waals surface area contributed by atoms with Gasteiger partial charge in [0.2, 0.25) is 0 Å². The standard InChI is InChI=1S/C7H11N3O2/c1-8-6(7(11)12)4-10-3-2-9-5-10/h2-3,5-6,8H,4H2,1H3,(H,11,12). The molecule has 66 valence electrons. The molecule has 0 aromatic carbocycles. The molecule has 5 heteroatoms. The number of rotatable bonds is 4. The third kappa shape index (κ3) is 2.06. The third-order valence-electron chi connectivity index (χ3n) is 1.60. The first-order valence-electron chi connectivity index (χ1n) is 3.60. The highest BCUT2D eigenvalue weighted by Crippen LogP contribution is 1.91. The van der Waals surface area contributed by atoms with Gasteiger partial charge < -0.3 is 15.0 Å². The second-order valence-corrected chi connectivity index (χ2v) is 2.44. The monoisotopic (exact) mass is 169 g/mol. The lowest BCUT2D eigenvalue weighted by molar-refractivity contribution is -0.139. The Bertz CT molecular complexity index is 245. The van der Waals surface area contributed by atoms with Crippen LogP contribution in [-0.2, 0) is 11.3 Å². The molecule has 2 N–H and O–H groups in total. The molecule has 1 unspecified atom stereocenters. The van der Waals surface area contributed by atoms with E-state index in [4.69, 9.17) is 5.11 Å². The van der Waals surface area contributed by atoms with E-state index < -0.39 is 12.0 Å². The zero-order valence-corrected chi connectivity index (χ0v) is 6.77. The second-order valence-electron chi connectivity index (χ2n) is 2.44. The highest BCUT2D eigenvalue weighted by atomic mass is 16.4. The first-order chi connectivity index (χ1) is 5.74. The minimum atomic E-state index is -0.855. The predicted octanol–water partition coefficient (Wildman–Crippen LogP) is -0.444. The number of hydrogen-bond donors (Lipinski definition) is 2.